The Balaban J connectivity index is 1.98. The van der Waals surface area contributed by atoms with Crippen molar-refractivity contribution in [3.63, 3.8) is 0 Å². The van der Waals surface area contributed by atoms with Crippen molar-refractivity contribution < 1.29 is 19.0 Å². The highest BCUT2D eigenvalue weighted by Crippen LogP contribution is 2.32. The summed E-state index contributed by atoms with van der Waals surface area (Å²) in [7, 11) is 0. The minimum atomic E-state index is -0.963. The van der Waals surface area contributed by atoms with Crippen molar-refractivity contribution in [2.75, 3.05) is 13.2 Å². The second-order valence-electron chi connectivity index (χ2n) is 6.21. The van der Waals surface area contributed by atoms with Crippen LogP contribution in [0.15, 0.2) is 18.2 Å². The fourth-order valence-corrected chi connectivity index (χ4v) is 3.17. The highest BCUT2D eigenvalue weighted by Gasteiger charge is 2.34. The molecule has 0 radical (unpaired) electrons. The third-order valence-corrected chi connectivity index (χ3v) is 4.39. The number of hydrogen-bond acceptors (Lipinski definition) is 3. The monoisotopic (exact) mass is 299 g/mol. The van der Waals surface area contributed by atoms with Crippen LogP contribution in [-0.2, 0) is 0 Å². The third-order valence-electron chi connectivity index (χ3n) is 4.39. The number of aliphatic hydroxyl groups excluding tert-OH is 2. The molecule has 118 valence electrons. The van der Waals surface area contributed by atoms with E-state index in [-0.39, 0.29) is 18.7 Å². The van der Waals surface area contributed by atoms with Gasteiger partial charge >= 0.3 is 0 Å². The molecule has 1 fully saturated rings. The number of β-amino-alcohol motifs (C(OH)–C–C–N with tert-alkyl or cyclic N) is 1. The van der Waals surface area contributed by atoms with Crippen molar-refractivity contribution in [1.29, 1.82) is 0 Å². The predicted octanol–water partition coefficient (Wildman–Crippen LogP) is 2.53. The molecule has 0 aromatic heterocycles. The molecule has 5 heteroatoms. The van der Waals surface area contributed by atoms with Gasteiger partial charge in [-0.2, -0.15) is 0 Å². The van der Waals surface area contributed by atoms with Gasteiger partial charge in [0.15, 0.2) is 11.6 Å². The molecule has 2 rings (SSSR count). The van der Waals surface area contributed by atoms with Crippen LogP contribution in [0.5, 0.6) is 0 Å². The van der Waals surface area contributed by atoms with E-state index in [0.29, 0.717) is 11.5 Å². The predicted molar refractivity (Wildman–Crippen MR) is 76.8 cm³/mol. The number of halogens is 2. The molecule has 1 aromatic carbocycles. The Morgan fingerprint density at radius 2 is 2.14 bits per heavy atom. The van der Waals surface area contributed by atoms with Gasteiger partial charge in [0, 0.05) is 12.1 Å². The van der Waals surface area contributed by atoms with Crippen LogP contribution in [0.1, 0.15) is 44.3 Å². The maximum atomic E-state index is 13.2. The molecule has 0 saturated heterocycles. The highest BCUT2D eigenvalue weighted by molar-refractivity contribution is 5.20. The van der Waals surface area contributed by atoms with Crippen LogP contribution < -0.4 is 5.32 Å². The van der Waals surface area contributed by atoms with Gasteiger partial charge < -0.3 is 15.5 Å². The summed E-state index contributed by atoms with van der Waals surface area (Å²) in [5.41, 5.74) is -0.0460. The molecule has 0 amide bonds. The van der Waals surface area contributed by atoms with Gasteiger partial charge in [0.05, 0.1) is 12.7 Å². The normalized spacial score (nSPS) is 27.6. The average Bonchev–Trinajstić information content (AvgIpc) is 2.47. The van der Waals surface area contributed by atoms with Gasteiger partial charge in [-0.3, -0.25) is 0 Å². The lowest BCUT2D eigenvalue weighted by Crippen LogP contribution is -2.52. The van der Waals surface area contributed by atoms with E-state index in [1.165, 1.54) is 6.07 Å². The van der Waals surface area contributed by atoms with Crippen molar-refractivity contribution in [2.45, 2.75) is 44.2 Å². The Hall–Kier alpha value is -1.04. The zero-order valence-corrected chi connectivity index (χ0v) is 12.3. The number of nitrogens with one attached hydrogen (secondary N) is 1. The molecule has 3 atom stereocenters. The molecule has 1 aliphatic rings. The smallest absolute Gasteiger partial charge is 0.159 e. The summed E-state index contributed by atoms with van der Waals surface area (Å²) in [6.07, 6.45) is 2.97. The van der Waals surface area contributed by atoms with Gasteiger partial charge in [-0.25, -0.2) is 8.78 Å². The van der Waals surface area contributed by atoms with Crippen LogP contribution in [0.25, 0.3) is 0 Å². The number of benzene rings is 1. The lowest BCUT2D eigenvalue weighted by molar-refractivity contribution is 0.0788. The summed E-state index contributed by atoms with van der Waals surface area (Å²) < 4.78 is 26.1. The Morgan fingerprint density at radius 3 is 2.76 bits per heavy atom. The molecule has 1 aliphatic carbocycles. The third kappa shape index (κ3) is 3.99. The molecule has 3 nitrogen and oxygen atoms in total. The molecule has 3 unspecified atom stereocenters. The van der Waals surface area contributed by atoms with Crippen LogP contribution in [0.4, 0.5) is 8.78 Å². The van der Waals surface area contributed by atoms with E-state index in [2.05, 4.69) is 12.2 Å². The molecule has 21 heavy (non-hydrogen) atoms. The summed E-state index contributed by atoms with van der Waals surface area (Å²) in [6.45, 7) is 2.37. The van der Waals surface area contributed by atoms with E-state index in [1.54, 1.807) is 0 Å². The van der Waals surface area contributed by atoms with E-state index in [9.17, 15) is 19.0 Å². The standard InChI is InChI=1S/C16H23F2NO2/c1-11-3-2-6-16(8-11,10-20)19-9-15(21)12-4-5-13(17)14(18)7-12/h4-5,7,11,15,19-21H,2-3,6,8-10H2,1H3. The minimum absolute atomic E-state index is 0.0157. The van der Waals surface area contributed by atoms with E-state index in [0.717, 1.165) is 37.8 Å². The molecule has 3 N–H and O–H groups in total. The number of aliphatic hydroxyl groups is 2. The average molecular weight is 299 g/mol. The maximum absolute atomic E-state index is 13.2. The Labute approximate surface area is 124 Å². The Kier molecular flexibility index (Phi) is 5.30. The van der Waals surface area contributed by atoms with E-state index < -0.39 is 17.7 Å². The van der Waals surface area contributed by atoms with Gasteiger partial charge in [-0.15, -0.1) is 0 Å². The van der Waals surface area contributed by atoms with Gasteiger partial charge in [0.1, 0.15) is 0 Å². The van der Waals surface area contributed by atoms with Gasteiger partial charge in [-0.1, -0.05) is 25.8 Å². The van der Waals surface area contributed by atoms with Crippen LogP contribution in [-0.4, -0.2) is 28.9 Å². The summed E-state index contributed by atoms with van der Waals surface area (Å²) in [5.74, 6) is -1.36. The quantitative estimate of drug-likeness (QED) is 0.783. The summed E-state index contributed by atoms with van der Waals surface area (Å²) >= 11 is 0. The summed E-state index contributed by atoms with van der Waals surface area (Å²) in [6, 6.07) is 3.40. The van der Waals surface area contributed by atoms with Gasteiger partial charge in [0.2, 0.25) is 0 Å². The second-order valence-corrected chi connectivity index (χ2v) is 6.21. The SMILES string of the molecule is CC1CCCC(CO)(NCC(O)c2ccc(F)c(F)c2)C1. The van der Waals surface area contributed by atoms with Crippen LogP contribution in [0, 0.1) is 17.6 Å². The van der Waals surface area contributed by atoms with Crippen molar-refractivity contribution >= 4 is 0 Å². The molecular formula is C16H23F2NO2. The molecule has 1 aromatic rings. The maximum Gasteiger partial charge on any atom is 0.159 e. The van der Waals surface area contributed by atoms with Crippen molar-refractivity contribution in [3.8, 4) is 0 Å². The summed E-state index contributed by atoms with van der Waals surface area (Å²) in [4.78, 5) is 0. The largest absolute Gasteiger partial charge is 0.394 e. The van der Waals surface area contributed by atoms with Crippen LogP contribution >= 0.6 is 0 Å². The lowest BCUT2D eigenvalue weighted by atomic mass is 9.76. The van der Waals surface area contributed by atoms with Crippen LogP contribution in [0.2, 0.25) is 0 Å². The first-order chi connectivity index (χ1) is 9.96. The molecule has 0 heterocycles. The first-order valence-electron chi connectivity index (χ1n) is 7.45. The zero-order chi connectivity index (χ0) is 15.5. The fraction of sp³-hybridized carbons (Fsp3) is 0.625. The van der Waals surface area contributed by atoms with E-state index >= 15 is 0 Å². The van der Waals surface area contributed by atoms with Crippen molar-refractivity contribution in [2.24, 2.45) is 5.92 Å². The van der Waals surface area contributed by atoms with Crippen molar-refractivity contribution in [3.05, 3.63) is 35.4 Å². The number of rotatable bonds is 5. The van der Waals surface area contributed by atoms with Gasteiger partial charge in [-0.05, 0) is 36.5 Å². The molecule has 0 spiro atoms. The Bertz CT molecular complexity index is 483. The zero-order valence-electron chi connectivity index (χ0n) is 12.3. The minimum Gasteiger partial charge on any atom is -0.394 e. The first kappa shape index (κ1) is 16.3. The Morgan fingerprint density at radius 1 is 1.38 bits per heavy atom. The van der Waals surface area contributed by atoms with Gasteiger partial charge in [0.25, 0.3) is 0 Å². The summed E-state index contributed by atoms with van der Waals surface area (Å²) in [5, 5.41) is 23.0. The molecule has 0 aliphatic heterocycles. The first-order valence-corrected chi connectivity index (χ1v) is 7.45. The topological polar surface area (TPSA) is 52.5 Å². The fourth-order valence-electron chi connectivity index (χ4n) is 3.17. The van der Waals surface area contributed by atoms with E-state index in [1.807, 2.05) is 0 Å². The second kappa shape index (κ2) is 6.81. The molecule has 0 bridgehead atoms. The van der Waals surface area contributed by atoms with Crippen molar-refractivity contribution in [1.82, 2.24) is 5.32 Å². The molecular weight excluding hydrogens is 276 g/mol. The van der Waals surface area contributed by atoms with E-state index in [4.69, 9.17) is 0 Å². The number of hydrogen-bond donors (Lipinski definition) is 3. The lowest BCUT2D eigenvalue weighted by Gasteiger charge is -2.40. The highest BCUT2D eigenvalue weighted by atomic mass is 19.2. The van der Waals surface area contributed by atoms with Crippen LogP contribution in [0.3, 0.4) is 0 Å². The molecule has 1 saturated carbocycles.